The highest BCUT2D eigenvalue weighted by molar-refractivity contribution is 5.77. The minimum absolute atomic E-state index is 0.0555. The Morgan fingerprint density at radius 3 is 2.45 bits per heavy atom. The molecule has 1 N–H and O–H groups in total. The number of hydrogen-bond donors (Lipinski definition) is 1. The van der Waals surface area contributed by atoms with Crippen LogP contribution >= 0.6 is 0 Å². The summed E-state index contributed by atoms with van der Waals surface area (Å²) >= 11 is 0. The van der Waals surface area contributed by atoms with Crippen molar-refractivity contribution in [2.24, 2.45) is 0 Å². The van der Waals surface area contributed by atoms with Gasteiger partial charge in [0.1, 0.15) is 11.6 Å². The molecule has 0 radical (unpaired) electrons. The van der Waals surface area contributed by atoms with Crippen LogP contribution in [-0.2, 0) is 11.3 Å². The molecule has 0 spiro atoms. The smallest absolute Gasteiger partial charge is 0.258 e. The van der Waals surface area contributed by atoms with Gasteiger partial charge in [0.15, 0.2) is 6.61 Å². The molecule has 2 aromatic rings. The number of carbonyl (C=O) groups excluding carboxylic acids is 1. The van der Waals surface area contributed by atoms with Gasteiger partial charge in [-0.25, -0.2) is 4.39 Å². The highest BCUT2D eigenvalue weighted by Crippen LogP contribution is 2.24. The highest BCUT2D eigenvalue weighted by Gasteiger charge is 2.08. The average molecular weight is 301 g/mol. The number of aryl methyl sites for hydroxylation is 3. The van der Waals surface area contributed by atoms with Crippen LogP contribution in [0.1, 0.15) is 22.3 Å². The van der Waals surface area contributed by atoms with Crippen LogP contribution in [0.4, 0.5) is 4.39 Å². The maximum absolute atomic E-state index is 13.0. The average Bonchev–Trinajstić information content (AvgIpc) is 2.44. The molecule has 0 aromatic heterocycles. The predicted octanol–water partition coefficient (Wildman–Crippen LogP) is 3.45. The molecule has 0 saturated carbocycles. The van der Waals surface area contributed by atoms with Crippen LogP contribution in [0.2, 0.25) is 0 Å². The maximum atomic E-state index is 13.0. The zero-order valence-corrected chi connectivity index (χ0v) is 13.1. The quantitative estimate of drug-likeness (QED) is 0.918. The normalized spacial score (nSPS) is 10.4. The molecule has 0 atom stereocenters. The second-order valence-electron chi connectivity index (χ2n) is 5.42. The van der Waals surface area contributed by atoms with Gasteiger partial charge in [-0.3, -0.25) is 4.79 Å². The van der Waals surface area contributed by atoms with Gasteiger partial charge in [0, 0.05) is 6.54 Å². The Morgan fingerprint density at radius 1 is 1.14 bits per heavy atom. The van der Waals surface area contributed by atoms with Crippen LogP contribution in [0.3, 0.4) is 0 Å². The minimum Gasteiger partial charge on any atom is -0.483 e. The summed E-state index contributed by atoms with van der Waals surface area (Å²) in [5.74, 6) is 0.198. The third-order valence-electron chi connectivity index (χ3n) is 3.33. The van der Waals surface area contributed by atoms with E-state index in [1.165, 1.54) is 12.1 Å². The van der Waals surface area contributed by atoms with Gasteiger partial charge in [-0.05, 0) is 49.6 Å². The lowest BCUT2D eigenvalue weighted by Crippen LogP contribution is -2.28. The third kappa shape index (κ3) is 4.32. The first-order chi connectivity index (χ1) is 10.5. The molecule has 3 nitrogen and oxygen atoms in total. The summed E-state index contributed by atoms with van der Waals surface area (Å²) in [6.07, 6.45) is 0. The topological polar surface area (TPSA) is 38.3 Å². The number of nitrogens with one attached hydrogen (secondary N) is 1. The second kappa shape index (κ2) is 7.07. The van der Waals surface area contributed by atoms with E-state index in [9.17, 15) is 9.18 Å². The highest BCUT2D eigenvalue weighted by atomic mass is 19.1. The summed E-state index contributed by atoms with van der Waals surface area (Å²) in [5, 5.41) is 2.72. The van der Waals surface area contributed by atoms with E-state index in [1.807, 2.05) is 32.9 Å². The molecule has 1 amide bonds. The Balaban J connectivity index is 1.88. The van der Waals surface area contributed by atoms with Crippen LogP contribution in [0.25, 0.3) is 0 Å². The minimum atomic E-state index is -0.311. The fourth-order valence-corrected chi connectivity index (χ4v) is 2.43. The lowest BCUT2D eigenvalue weighted by atomic mass is 10.1. The van der Waals surface area contributed by atoms with E-state index in [2.05, 4.69) is 5.32 Å². The molecule has 0 aliphatic carbocycles. The number of carbonyl (C=O) groups is 1. The van der Waals surface area contributed by atoms with Crippen molar-refractivity contribution in [3.8, 4) is 5.75 Å². The van der Waals surface area contributed by atoms with E-state index < -0.39 is 0 Å². The lowest BCUT2D eigenvalue weighted by Gasteiger charge is -2.13. The molecule has 116 valence electrons. The third-order valence-corrected chi connectivity index (χ3v) is 3.33. The Kier molecular flexibility index (Phi) is 5.15. The Labute approximate surface area is 130 Å². The van der Waals surface area contributed by atoms with Gasteiger partial charge in [0.25, 0.3) is 5.91 Å². The van der Waals surface area contributed by atoms with Crippen molar-refractivity contribution in [1.29, 1.82) is 0 Å². The van der Waals surface area contributed by atoms with E-state index in [0.717, 1.165) is 28.0 Å². The summed E-state index contributed by atoms with van der Waals surface area (Å²) in [4.78, 5) is 11.8. The first-order valence-electron chi connectivity index (χ1n) is 7.17. The van der Waals surface area contributed by atoms with Crippen molar-refractivity contribution in [2.45, 2.75) is 27.3 Å². The summed E-state index contributed by atoms with van der Waals surface area (Å²) in [7, 11) is 0. The summed E-state index contributed by atoms with van der Waals surface area (Å²) < 4.78 is 18.7. The van der Waals surface area contributed by atoms with Crippen LogP contribution in [0.15, 0.2) is 36.4 Å². The van der Waals surface area contributed by atoms with Gasteiger partial charge in [-0.1, -0.05) is 29.8 Å². The molecular formula is C18H20FNO2. The number of hydrogen-bond acceptors (Lipinski definition) is 2. The molecule has 0 heterocycles. The molecule has 0 fully saturated rings. The molecule has 22 heavy (non-hydrogen) atoms. The van der Waals surface area contributed by atoms with Crippen LogP contribution in [0, 0.1) is 26.6 Å². The van der Waals surface area contributed by atoms with Crippen molar-refractivity contribution in [3.63, 3.8) is 0 Å². The summed E-state index contributed by atoms with van der Waals surface area (Å²) in [5.41, 5.74) is 3.90. The van der Waals surface area contributed by atoms with E-state index in [-0.39, 0.29) is 24.9 Å². The standard InChI is InChI=1S/C18H20FNO2/c1-12-7-13(2)18(14(3)8-12)22-11-17(21)20-10-15-5-4-6-16(19)9-15/h4-9H,10-11H2,1-3H3,(H,20,21). The van der Waals surface area contributed by atoms with Gasteiger partial charge < -0.3 is 10.1 Å². The van der Waals surface area contributed by atoms with Gasteiger partial charge in [-0.2, -0.15) is 0 Å². The Bertz CT molecular complexity index is 660. The van der Waals surface area contributed by atoms with Crippen molar-refractivity contribution >= 4 is 5.91 Å². The lowest BCUT2D eigenvalue weighted by molar-refractivity contribution is -0.123. The number of amides is 1. The zero-order valence-electron chi connectivity index (χ0n) is 13.1. The van der Waals surface area contributed by atoms with E-state index in [0.29, 0.717) is 0 Å². The van der Waals surface area contributed by atoms with Crippen molar-refractivity contribution in [1.82, 2.24) is 5.32 Å². The van der Waals surface area contributed by atoms with Gasteiger partial charge in [-0.15, -0.1) is 0 Å². The number of rotatable bonds is 5. The largest absolute Gasteiger partial charge is 0.483 e. The number of benzene rings is 2. The number of ether oxygens (including phenoxy) is 1. The van der Waals surface area contributed by atoms with Crippen molar-refractivity contribution in [3.05, 3.63) is 64.5 Å². The zero-order chi connectivity index (χ0) is 16.1. The summed E-state index contributed by atoms with van der Waals surface area (Å²) in [6, 6.07) is 10.2. The molecule has 4 heteroatoms. The summed E-state index contributed by atoms with van der Waals surface area (Å²) in [6.45, 7) is 6.17. The van der Waals surface area contributed by atoms with Gasteiger partial charge in [0.2, 0.25) is 0 Å². The Morgan fingerprint density at radius 2 is 1.82 bits per heavy atom. The predicted molar refractivity (Wildman–Crippen MR) is 84.4 cm³/mol. The molecule has 0 aliphatic rings. The van der Waals surface area contributed by atoms with Crippen molar-refractivity contribution in [2.75, 3.05) is 6.61 Å². The molecular weight excluding hydrogens is 281 g/mol. The fraction of sp³-hybridized carbons (Fsp3) is 0.278. The van der Waals surface area contributed by atoms with E-state index in [4.69, 9.17) is 4.74 Å². The monoisotopic (exact) mass is 301 g/mol. The first-order valence-corrected chi connectivity index (χ1v) is 7.17. The van der Waals surface area contributed by atoms with Crippen LogP contribution in [0.5, 0.6) is 5.75 Å². The van der Waals surface area contributed by atoms with Gasteiger partial charge >= 0.3 is 0 Å². The van der Waals surface area contributed by atoms with Crippen LogP contribution < -0.4 is 10.1 Å². The maximum Gasteiger partial charge on any atom is 0.258 e. The molecule has 2 rings (SSSR count). The molecule has 0 bridgehead atoms. The number of halogens is 1. The molecule has 2 aromatic carbocycles. The van der Waals surface area contributed by atoms with Crippen molar-refractivity contribution < 1.29 is 13.9 Å². The molecule has 0 aliphatic heterocycles. The van der Waals surface area contributed by atoms with E-state index in [1.54, 1.807) is 12.1 Å². The molecule has 0 unspecified atom stereocenters. The molecule has 0 saturated heterocycles. The fourth-order valence-electron chi connectivity index (χ4n) is 2.43. The first kappa shape index (κ1) is 16.0. The Hall–Kier alpha value is -2.36. The van der Waals surface area contributed by atoms with Gasteiger partial charge in [0.05, 0.1) is 0 Å². The second-order valence-corrected chi connectivity index (χ2v) is 5.42. The van der Waals surface area contributed by atoms with Crippen LogP contribution in [-0.4, -0.2) is 12.5 Å². The van der Waals surface area contributed by atoms with E-state index >= 15 is 0 Å². The SMILES string of the molecule is Cc1cc(C)c(OCC(=O)NCc2cccc(F)c2)c(C)c1.